The smallest absolute Gasteiger partial charge is 0.296 e. The molecule has 0 spiro atoms. The van der Waals surface area contributed by atoms with Gasteiger partial charge in [0.05, 0.1) is 10.2 Å². The lowest BCUT2D eigenvalue weighted by Crippen LogP contribution is -2.75. The number of fused-ring (bicyclic) bond motifs is 1. The van der Waals surface area contributed by atoms with Crippen molar-refractivity contribution < 1.29 is 75.0 Å². The van der Waals surface area contributed by atoms with Crippen LogP contribution in [0.15, 0.2) is 22.7 Å². The molecule has 0 saturated heterocycles. The van der Waals surface area contributed by atoms with E-state index >= 15 is 0 Å². The van der Waals surface area contributed by atoms with Crippen LogP contribution in [0.2, 0.25) is 0 Å². The van der Waals surface area contributed by atoms with E-state index in [9.17, 15) is 75.0 Å². The topological polar surface area (TPSA) is 42.0 Å². The molecule has 0 saturated carbocycles. The number of hydrogen-bond acceptors (Lipinski definition) is 3. The van der Waals surface area contributed by atoms with Gasteiger partial charge in [0.25, 0.3) is 0 Å². The number of alkyl halides is 17. The number of thiazole rings is 1. The minimum Gasteiger partial charge on any atom is -0.296 e. The average Bonchev–Trinajstić information content (AvgIpc) is 3.13. The number of benzene rings is 1. The predicted octanol–water partition coefficient (Wildman–Crippen LogP) is 8.28. The number of amides is 1. The van der Waals surface area contributed by atoms with Gasteiger partial charge in [-0.05, 0) is 29.8 Å². The second kappa shape index (κ2) is 9.13. The van der Waals surface area contributed by atoms with E-state index in [1.807, 2.05) is 0 Å². The van der Waals surface area contributed by atoms with Crippen LogP contribution in [0.3, 0.4) is 0 Å². The molecule has 0 atom stereocenters. The Kier molecular flexibility index (Phi) is 7.80. The first kappa shape index (κ1) is 32.4. The van der Waals surface area contributed by atoms with Crippen molar-refractivity contribution in [2.45, 2.75) is 46.8 Å². The molecule has 0 unspecified atom stereocenters. The van der Waals surface area contributed by atoms with Gasteiger partial charge < -0.3 is 0 Å². The standard InChI is InChI=1S/C16H4BrClF16N2OS/c17-4-1-2-5-6(3-4)38-8(35-5)36-7(37)9(19,20)10(21,22)11(23,24)12(25,26)13(27,28)14(29,30)15(31,32)16(18,33)34/h1-3H,(H,35,36,37). The van der Waals surface area contributed by atoms with Gasteiger partial charge in [-0.15, -0.1) is 0 Å². The van der Waals surface area contributed by atoms with Crippen molar-refractivity contribution in [2.75, 3.05) is 5.32 Å². The summed E-state index contributed by atoms with van der Waals surface area (Å²) in [5.74, 6) is -60.8. The van der Waals surface area contributed by atoms with E-state index in [1.54, 1.807) is 0 Å². The van der Waals surface area contributed by atoms with Gasteiger partial charge in [0.15, 0.2) is 5.13 Å². The van der Waals surface area contributed by atoms with Gasteiger partial charge in [-0.25, -0.2) is 4.98 Å². The van der Waals surface area contributed by atoms with Crippen molar-refractivity contribution in [1.29, 1.82) is 0 Å². The fraction of sp³-hybridized carbons (Fsp3) is 0.500. The Morgan fingerprint density at radius 2 is 1.16 bits per heavy atom. The van der Waals surface area contributed by atoms with Crippen LogP contribution in [0.5, 0.6) is 0 Å². The maximum absolute atomic E-state index is 14.0. The second-order valence-corrected chi connectivity index (χ2v) is 9.52. The van der Waals surface area contributed by atoms with E-state index in [-0.39, 0.29) is 21.6 Å². The summed E-state index contributed by atoms with van der Waals surface area (Å²) >= 11 is 6.61. The molecule has 0 bridgehead atoms. The summed E-state index contributed by atoms with van der Waals surface area (Å²) in [5, 5.41) is -7.12. The molecular weight excluding hydrogens is 688 g/mol. The number of hydrogen-bond donors (Lipinski definition) is 1. The molecule has 0 fully saturated rings. The highest BCUT2D eigenvalue weighted by atomic mass is 79.9. The van der Waals surface area contributed by atoms with Crippen molar-refractivity contribution in [3.05, 3.63) is 22.7 Å². The van der Waals surface area contributed by atoms with Gasteiger partial charge in [-0.1, -0.05) is 27.3 Å². The third kappa shape index (κ3) is 4.44. The Morgan fingerprint density at radius 3 is 1.61 bits per heavy atom. The molecule has 1 N–H and O–H groups in total. The molecule has 1 heterocycles. The van der Waals surface area contributed by atoms with Gasteiger partial charge in [-0.3, -0.25) is 10.1 Å². The summed E-state index contributed by atoms with van der Waals surface area (Å²) in [6.07, 6.45) is 0. The highest BCUT2D eigenvalue weighted by molar-refractivity contribution is 9.10. The number of aromatic nitrogens is 1. The first-order valence-corrected chi connectivity index (χ1v) is 10.7. The van der Waals surface area contributed by atoms with Gasteiger partial charge >= 0.3 is 52.7 Å². The molecule has 0 aliphatic heterocycles. The molecule has 216 valence electrons. The summed E-state index contributed by atoms with van der Waals surface area (Å²) in [7, 11) is 0. The summed E-state index contributed by atoms with van der Waals surface area (Å²) in [6, 6.07) is 3.65. The molecule has 3 nitrogen and oxygen atoms in total. The molecule has 38 heavy (non-hydrogen) atoms. The SMILES string of the molecule is O=C(Nc1nc2ccc(Br)cc2s1)C(F)(F)C(F)(F)C(F)(F)C(F)(F)C(F)(F)C(F)(F)C(F)(F)C(F)(F)Cl. The Morgan fingerprint density at radius 1 is 0.737 bits per heavy atom. The first-order chi connectivity index (χ1) is 16.6. The molecule has 2 aromatic rings. The second-order valence-electron chi connectivity index (χ2n) is 7.10. The lowest BCUT2D eigenvalue weighted by atomic mass is 9.89. The van der Waals surface area contributed by atoms with Crippen molar-refractivity contribution in [1.82, 2.24) is 4.98 Å². The van der Waals surface area contributed by atoms with Crippen LogP contribution in [-0.4, -0.2) is 57.7 Å². The fourth-order valence-electron chi connectivity index (χ4n) is 2.43. The number of rotatable bonds is 9. The van der Waals surface area contributed by atoms with Crippen LogP contribution in [0.4, 0.5) is 75.4 Å². The van der Waals surface area contributed by atoms with E-state index in [1.165, 1.54) is 12.1 Å². The van der Waals surface area contributed by atoms with Crippen molar-refractivity contribution in [2.24, 2.45) is 0 Å². The lowest BCUT2D eigenvalue weighted by Gasteiger charge is -2.42. The zero-order valence-corrected chi connectivity index (χ0v) is 20.0. The molecule has 0 radical (unpaired) electrons. The summed E-state index contributed by atoms with van der Waals surface area (Å²) in [6.45, 7) is 0. The number of carbonyl (C=O) groups is 1. The number of nitrogens with zero attached hydrogens (tertiary/aromatic N) is 1. The first-order valence-electron chi connectivity index (χ1n) is 8.70. The van der Waals surface area contributed by atoms with E-state index in [0.717, 1.165) is 11.4 Å². The number of carbonyl (C=O) groups excluding carboxylic acids is 1. The minimum atomic E-state index is -8.65. The van der Waals surface area contributed by atoms with Crippen LogP contribution in [-0.2, 0) is 4.79 Å². The normalized spacial score (nSPS) is 15.2. The van der Waals surface area contributed by atoms with Gasteiger partial charge in [0, 0.05) is 4.47 Å². The summed E-state index contributed by atoms with van der Waals surface area (Å²) in [4.78, 5) is 15.0. The fourth-order valence-corrected chi connectivity index (χ4v) is 3.97. The third-order valence-corrected chi connectivity index (χ3v) is 6.24. The Bertz CT molecular complexity index is 1230. The quantitative estimate of drug-likeness (QED) is 0.213. The lowest BCUT2D eigenvalue weighted by molar-refractivity contribution is -0.445. The molecule has 2 rings (SSSR count). The third-order valence-electron chi connectivity index (χ3n) is 4.58. The molecule has 1 amide bonds. The maximum Gasteiger partial charge on any atom is 0.393 e. The molecule has 22 heteroatoms. The van der Waals surface area contributed by atoms with Crippen LogP contribution in [0, 0.1) is 0 Å². The zero-order valence-electron chi connectivity index (χ0n) is 16.8. The average molecular weight is 692 g/mol. The Labute approximate surface area is 215 Å². The van der Waals surface area contributed by atoms with E-state index in [2.05, 4.69) is 32.5 Å². The van der Waals surface area contributed by atoms with Gasteiger partial charge in [0.1, 0.15) is 0 Å². The van der Waals surface area contributed by atoms with E-state index in [0.29, 0.717) is 4.47 Å². The Balaban J connectivity index is 2.52. The van der Waals surface area contributed by atoms with E-state index < -0.39 is 57.9 Å². The molecule has 1 aromatic carbocycles. The van der Waals surface area contributed by atoms with Crippen molar-refractivity contribution in [3.8, 4) is 0 Å². The van der Waals surface area contributed by atoms with Crippen molar-refractivity contribution >= 4 is 60.1 Å². The maximum atomic E-state index is 14.0. The summed E-state index contributed by atoms with van der Waals surface area (Å²) < 4.78 is 216. The highest BCUT2D eigenvalue weighted by Crippen LogP contribution is 2.64. The molecule has 0 aliphatic rings. The summed E-state index contributed by atoms with van der Waals surface area (Å²) in [5.41, 5.74) is -0.126. The largest absolute Gasteiger partial charge is 0.393 e. The number of anilines is 1. The molecular formula is C16H4BrClF16N2OS. The number of halogens is 18. The van der Waals surface area contributed by atoms with Gasteiger partial charge in [-0.2, -0.15) is 70.2 Å². The highest BCUT2D eigenvalue weighted by Gasteiger charge is 2.95. The monoisotopic (exact) mass is 690 g/mol. The molecule has 0 aliphatic carbocycles. The van der Waals surface area contributed by atoms with Crippen LogP contribution >= 0.6 is 38.9 Å². The molecule has 1 aromatic heterocycles. The van der Waals surface area contributed by atoms with E-state index in [4.69, 9.17) is 0 Å². The number of nitrogens with one attached hydrogen (secondary N) is 1. The Hall–Kier alpha value is -1.77. The van der Waals surface area contributed by atoms with Crippen LogP contribution in [0.1, 0.15) is 0 Å². The zero-order chi connectivity index (χ0) is 30.1. The van der Waals surface area contributed by atoms with Crippen LogP contribution < -0.4 is 5.32 Å². The van der Waals surface area contributed by atoms with Crippen molar-refractivity contribution in [3.63, 3.8) is 0 Å². The van der Waals surface area contributed by atoms with Gasteiger partial charge in [0.2, 0.25) is 0 Å². The van der Waals surface area contributed by atoms with Crippen LogP contribution in [0.25, 0.3) is 10.2 Å². The minimum absolute atomic E-state index is 0.0282. The predicted molar refractivity (Wildman–Crippen MR) is 101 cm³/mol.